The Bertz CT molecular complexity index is 432. The van der Waals surface area contributed by atoms with Crippen molar-refractivity contribution in [3.63, 3.8) is 0 Å². The molecule has 2 heterocycles. The lowest BCUT2D eigenvalue weighted by Crippen LogP contribution is -2.53. The second-order valence-electron chi connectivity index (χ2n) is 4.91. The van der Waals surface area contributed by atoms with Crippen LogP contribution in [0.4, 0.5) is 5.82 Å². The first kappa shape index (κ1) is 13.8. The van der Waals surface area contributed by atoms with Crippen molar-refractivity contribution >= 4 is 11.7 Å². The van der Waals surface area contributed by atoms with E-state index >= 15 is 0 Å². The average molecular weight is 262 g/mol. The smallest absolute Gasteiger partial charge is 0.255 e. The number of pyridine rings is 1. The number of nitrogens with zero attached hydrogens (tertiary/aromatic N) is 3. The second-order valence-corrected chi connectivity index (χ2v) is 4.91. The maximum absolute atomic E-state index is 12.4. The van der Waals surface area contributed by atoms with Crippen LogP contribution in [0.5, 0.6) is 0 Å². The van der Waals surface area contributed by atoms with Gasteiger partial charge in [-0.1, -0.05) is 6.92 Å². The number of likely N-dealkylation sites (N-methyl/N-ethyl adjacent to an activating group) is 1. The van der Waals surface area contributed by atoms with Gasteiger partial charge in [-0.05, 0) is 25.6 Å². The molecule has 1 N–H and O–H groups in total. The van der Waals surface area contributed by atoms with Crippen LogP contribution in [0.3, 0.4) is 0 Å². The molecular formula is C14H22N4O. The van der Waals surface area contributed by atoms with E-state index in [2.05, 4.69) is 29.0 Å². The number of rotatable bonds is 3. The third-order valence-corrected chi connectivity index (χ3v) is 3.73. The summed E-state index contributed by atoms with van der Waals surface area (Å²) in [4.78, 5) is 20.9. The van der Waals surface area contributed by atoms with E-state index < -0.39 is 0 Å². The van der Waals surface area contributed by atoms with Crippen molar-refractivity contribution in [1.29, 1.82) is 0 Å². The number of hydrogen-bond donors (Lipinski definition) is 1. The first-order valence-electron chi connectivity index (χ1n) is 6.82. The number of piperazine rings is 1. The van der Waals surface area contributed by atoms with Gasteiger partial charge in [0, 0.05) is 38.9 Å². The number of carbonyl (C=O) groups excluding carboxylic acids is 1. The molecule has 0 bridgehead atoms. The van der Waals surface area contributed by atoms with Crippen LogP contribution < -0.4 is 5.32 Å². The van der Waals surface area contributed by atoms with Gasteiger partial charge in [-0.15, -0.1) is 0 Å². The van der Waals surface area contributed by atoms with Gasteiger partial charge in [0.25, 0.3) is 5.91 Å². The molecule has 104 valence electrons. The summed E-state index contributed by atoms with van der Waals surface area (Å²) >= 11 is 0. The Morgan fingerprint density at radius 3 is 2.79 bits per heavy atom. The Labute approximate surface area is 114 Å². The lowest BCUT2D eigenvalue weighted by Gasteiger charge is -2.39. The lowest BCUT2D eigenvalue weighted by atomic mass is 10.1. The highest BCUT2D eigenvalue weighted by Gasteiger charge is 2.26. The molecule has 1 atom stereocenters. The Kier molecular flexibility index (Phi) is 4.37. The van der Waals surface area contributed by atoms with E-state index in [9.17, 15) is 4.79 Å². The largest absolute Gasteiger partial charge is 0.373 e. The average Bonchev–Trinajstić information content (AvgIpc) is 2.46. The van der Waals surface area contributed by atoms with Gasteiger partial charge in [0.2, 0.25) is 0 Å². The van der Waals surface area contributed by atoms with Gasteiger partial charge in [-0.25, -0.2) is 4.98 Å². The SMILES string of the molecule is CCN1CCN(C(=O)c2ccc(NC)nc2)CC1C. The first-order chi connectivity index (χ1) is 9.15. The molecule has 1 aliphatic rings. The number of carbonyl (C=O) groups is 1. The summed E-state index contributed by atoms with van der Waals surface area (Å²) in [5.41, 5.74) is 0.663. The maximum Gasteiger partial charge on any atom is 0.255 e. The highest BCUT2D eigenvalue weighted by Crippen LogP contribution is 2.13. The summed E-state index contributed by atoms with van der Waals surface area (Å²) in [6.45, 7) is 7.91. The molecule has 1 aromatic heterocycles. The monoisotopic (exact) mass is 262 g/mol. The van der Waals surface area contributed by atoms with Crippen molar-refractivity contribution < 1.29 is 4.79 Å². The zero-order valence-electron chi connectivity index (χ0n) is 11.9. The summed E-state index contributed by atoms with van der Waals surface area (Å²) in [5.74, 6) is 0.860. The minimum absolute atomic E-state index is 0.0813. The molecule has 1 aliphatic heterocycles. The van der Waals surface area contributed by atoms with Crippen molar-refractivity contribution in [2.24, 2.45) is 0 Å². The molecule has 5 heteroatoms. The van der Waals surface area contributed by atoms with Gasteiger partial charge >= 0.3 is 0 Å². The van der Waals surface area contributed by atoms with Crippen LogP contribution >= 0.6 is 0 Å². The van der Waals surface area contributed by atoms with Crippen LogP contribution in [-0.4, -0.2) is 60.0 Å². The van der Waals surface area contributed by atoms with Crippen LogP contribution in [0.1, 0.15) is 24.2 Å². The molecule has 0 saturated carbocycles. The van der Waals surface area contributed by atoms with E-state index in [0.717, 1.165) is 32.0 Å². The fourth-order valence-corrected chi connectivity index (χ4v) is 2.50. The normalized spacial score (nSPS) is 20.4. The predicted octanol–water partition coefficient (Wildman–Crippen LogP) is 1.29. The van der Waals surface area contributed by atoms with Gasteiger partial charge in [-0.2, -0.15) is 0 Å². The Morgan fingerprint density at radius 1 is 1.47 bits per heavy atom. The van der Waals surface area contributed by atoms with E-state index in [1.165, 1.54) is 0 Å². The number of aromatic nitrogens is 1. The molecule has 1 aromatic rings. The number of amides is 1. The number of nitrogens with one attached hydrogen (secondary N) is 1. The summed E-state index contributed by atoms with van der Waals surface area (Å²) < 4.78 is 0. The fraction of sp³-hybridized carbons (Fsp3) is 0.571. The zero-order valence-corrected chi connectivity index (χ0v) is 11.9. The summed E-state index contributed by atoms with van der Waals surface area (Å²) in [6.07, 6.45) is 1.64. The van der Waals surface area contributed by atoms with Gasteiger partial charge in [-0.3, -0.25) is 9.69 Å². The fourth-order valence-electron chi connectivity index (χ4n) is 2.50. The summed E-state index contributed by atoms with van der Waals surface area (Å²) in [7, 11) is 1.81. The highest BCUT2D eigenvalue weighted by atomic mass is 16.2. The third kappa shape index (κ3) is 3.04. The second kappa shape index (κ2) is 6.02. The zero-order chi connectivity index (χ0) is 13.8. The molecule has 19 heavy (non-hydrogen) atoms. The standard InChI is InChI=1S/C14H22N4O/c1-4-17-7-8-18(10-11(17)2)14(19)12-5-6-13(15-3)16-9-12/h5-6,9,11H,4,7-8,10H2,1-3H3,(H,15,16). The molecule has 0 aromatic carbocycles. The molecule has 0 radical (unpaired) electrons. The van der Waals surface area contributed by atoms with E-state index in [4.69, 9.17) is 0 Å². The molecule has 0 spiro atoms. The molecule has 2 rings (SSSR count). The molecule has 1 amide bonds. The van der Waals surface area contributed by atoms with Crippen LogP contribution in [0.25, 0.3) is 0 Å². The molecule has 5 nitrogen and oxygen atoms in total. The first-order valence-corrected chi connectivity index (χ1v) is 6.82. The Morgan fingerprint density at radius 2 is 2.26 bits per heavy atom. The molecule has 0 aliphatic carbocycles. The Hall–Kier alpha value is -1.62. The van der Waals surface area contributed by atoms with Crippen LogP contribution in [0.2, 0.25) is 0 Å². The van der Waals surface area contributed by atoms with Crippen LogP contribution in [0, 0.1) is 0 Å². The minimum atomic E-state index is 0.0813. The highest BCUT2D eigenvalue weighted by molar-refractivity contribution is 5.94. The van der Waals surface area contributed by atoms with Crippen molar-refractivity contribution in [1.82, 2.24) is 14.8 Å². The van der Waals surface area contributed by atoms with Gasteiger partial charge in [0.05, 0.1) is 5.56 Å². The van der Waals surface area contributed by atoms with E-state index in [1.54, 1.807) is 6.20 Å². The van der Waals surface area contributed by atoms with Gasteiger partial charge in [0.15, 0.2) is 0 Å². The van der Waals surface area contributed by atoms with E-state index in [-0.39, 0.29) is 5.91 Å². The van der Waals surface area contributed by atoms with Crippen molar-refractivity contribution in [2.45, 2.75) is 19.9 Å². The topological polar surface area (TPSA) is 48.5 Å². The van der Waals surface area contributed by atoms with Crippen molar-refractivity contribution in [3.8, 4) is 0 Å². The molecular weight excluding hydrogens is 240 g/mol. The van der Waals surface area contributed by atoms with Crippen LogP contribution in [-0.2, 0) is 0 Å². The summed E-state index contributed by atoms with van der Waals surface area (Å²) in [6, 6.07) is 4.09. The Balaban J connectivity index is 2.03. The molecule has 1 unspecified atom stereocenters. The van der Waals surface area contributed by atoms with Gasteiger partial charge < -0.3 is 10.2 Å². The number of anilines is 1. The van der Waals surface area contributed by atoms with E-state index in [0.29, 0.717) is 11.6 Å². The minimum Gasteiger partial charge on any atom is -0.373 e. The quantitative estimate of drug-likeness (QED) is 0.891. The predicted molar refractivity (Wildman–Crippen MR) is 76.4 cm³/mol. The summed E-state index contributed by atoms with van der Waals surface area (Å²) in [5, 5.41) is 2.95. The van der Waals surface area contributed by atoms with Crippen molar-refractivity contribution in [2.75, 3.05) is 38.5 Å². The number of hydrogen-bond acceptors (Lipinski definition) is 4. The van der Waals surface area contributed by atoms with Crippen molar-refractivity contribution in [3.05, 3.63) is 23.9 Å². The van der Waals surface area contributed by atoms with Crippen LogP contribution in [0.15, 0.2) is 18.3 Å². The lowest BCUT2D eigenvalue weighted by molar-refractivity contribution is 0.0528. The van der Waals surface area contributed by atoms with E-state index in [1.807, 2.05) is 24.1 Å². The molecule has 1 saturated heterocycles. The molecule has 1 fully saturated rings. The maximum atomic E-state index is 12.4. The van der Waals surface area contributed by atoms with Gasteiger partial charge in [0.1, 0.15) is 5.82 Å². The third-order valence-electron chi connectivity index (χ3n) is 3.73.